The highest BCUT2D eigenvalue weighted by Gasteiger charge is 2.22. The molecule has 1 aliphatic rings. The summed E-state index contributed by atoms with van der Waals surface area (Å²) in [5.74, 6) is 0.786. The van der Waals surface area contributed by atoms with Crippen molar-refractivity contribution >= 4 is 23.5 Å². The molecule has 1 aromatic heterocycles. The van der Waals surface area contributed by atoms with E-state index in [1.165, 1.54) is 0 Å². The minimum absolute atomic E-state index is 0.222. The van der Waals surface area contributed by atoms with Crippen molar-refractivity contribution in [2.24, 2.45) is 0 Å². The van der Waals surface area contributed by atoms with Crippen molar-refractivity contribution < 1.29 is 9.53 Å². The molecule has 0 unspecified atom stereocenters. The second kappa shape index (κ2) is 7.28. The summed E-state index contributed by atoms with van der Waals surface area (Å²) in [5.41, 5.74) is 0. The van der Waals surface area contributed by atoms with Crippen LogP contribution in [-0.4, -0.2) is 54.0 Å². The molecular formula is C13H19ClN4O2. The maximum absolute atomic E-state index is 11.8. The molecule has 1 fully saturated rings. The molecule has 1 aromatic rings. The molecule has 110 valence electrons. The molecule has 0 bridgehead atoms. The number of aromatic nitrogens is 2. The van der Waals surface area contributed by atoms with Crippen LogP contribution in [0.4, 0.5) is 10.6 Å². The fourth-order valence-electron chi connectivity index (χ4n) is 1.99. The Morgan fingerprint density at radius 2 is 2.05 bits per heavy atom. The highest BCUT2D eigenvalue weighted by molar-refractivity contribution is 6.29. The van der Waals surface area contributed by atoms with Crippen LogP contribution in [0.3, 0.4) is 0 Å². The number of unbranched alkanes of at least 4 members (excludes halogenated alkanes) is 1. The summed E-state index contributed by atoms with van der Waals surface area (Å²) in [5, 5.41) is 8.25. The Morgan fingerprint density at radius 1 is 1.30 bits per heavy atom. The summed E-state index contributed by atoms with van der Waals surface area (Å²) in [6, 6.07) is 3.56. The summed E-state index contributed by atoms with van der Waals surface area (Å²) in [4.78, 5) is 15.6. The van der Waals surface area contributed by atoms with Crippen molar-refractivity contribution in [2.45, 2.75) is 19.8 Å². The van der Waals surface area contributed by atoms with Crippen LogP contribution < -0.4 is 4.90 Å². The van der Waals surface area contributed by atoms with Gasteiger partial charge in [-0.3, -0.25) is 0 Å². The maximum atomic E-state index is 11.8. The fraction of sp³-hybridized carbons (Fsp3) is 0.615. The molecule has 2 heterocycles. The monoisotopic (exact) mass is 298 g/mol. The Morgan fingerprint density at radius 3 is 2.65 bits per heavy atom. The molecule has 0 radical (unpaired) electrons. The standard InChI is InChI=1S/C13H19ClN4O2/c1-2-3-10-20-13(19)18-8-6-17(7-9-18)12-5-4-11(14)15-16-12/h4-5H,2-3,6-10H2,1H3. The Balaban J connectivity index is 1.80. The lowest BCUT2D eigenvalue weighted by Gasteiger charge is -2.34. The molecule has 0 atom stereocenters. The van der Waals surface area contributed by atoms with Crippen LogP contribution in [0.15, 0.2) is 12.1 Å². The van der Waals surface area contributed by atoms with Gasteiger partial charge in [-0.2, -0.15) is 0 Å². The van der Waals surface area contributed by atoms with Gasteiger partial charge in [-0.05, 0) is 18.6 Å². The van der Waals surface area contributed by atoms with Gasteiger partial charge in [-0.1, -0.05) is 24.9 Å². The minimum Gasteiger partial charge on any atom is -0.449 e. The second-order valence-corrected chi connectivity index (χ2v) is 5.04. The topological polar surface area (TPSA) is 58.6 Å². The van der Waals surface area contributed by atoms with E-state index in [1.807, 2.05) is 6.07 Å². The van der Waals surface area contributed by atoms with Gasteiger partial charge >= 0.3 is 6.09 Å². The third-order valence-electron chi connectivity index (χ3n) is 3.20. The lowest BCUT2D eigenvalue weighted by atomic mass is 10.3. The van der Waals surface area contributed by atoms with Gasteiger partial charge in [-0.15, -0.1) is 10.2 Å². The fourth-order valence-corrected chi connectivity index (χ4v) is 2.09. The van der Waals surface area contributed by atoms with Gasteiger partial charge < -0.3 is 14.5 Å². The zero-order valence-corrected chi connectivity index (χ0v) is 12.3. The predicted octanol–water partition coefficient (Wildman–Crippen LogP) is 2.19. The van der Waals surface area contributed by atoms with E-state index in [0.29, 0.717) is 24.8 Å². The van der Waals surface area contributed by atoms with Crippen molar-refractivity contribution in [3.05, 3.63) is 17.3 Å². The average Bonchev–Trinajstić information content (AvgIpc) is 2.48. The van der Waals surface area contributed by atoms with E-state index < -0.39 is 0 Å². The quantitative estimate of drug-likeness (QED) is 0.798. The molecule has 7 heteroatoms. The van der Waals surface area contributed by atoms with Gasteiger partial charge in [0.1, 0.15) is 0 Å². The van der Waals surface area contributed by atoms with E-state index >= 15 is 0 Å². The molecule has 1 amide bonds. The number of piperazine rings is 1. The number of amides is 1. The molecular weight excluding hydrogens is 280 g/mol. The molecule has 0 N–H and O–H groups in total. The number of hydrogen-bond acceptors (Lipinski definition) is 5. The lowest BCUT2D eigenvalue weighted by molar-refractivity contribution is 0.0989. The van der Waals surface area contributed by atoms with Gasteiger partial charge in [0.2, 0.25) is 0 Å². The Kier molecular flexibility index (Phi) is 5.40. The summed E-state index contributed by atoms with van der Waals surface area (Å²) >= 11 is 5.71. The van der Waals surface area contributed by atoms with Crippen molar-refractivity contribution in [2.75, 3.05) is 37.7 Å². The molecule has 20 heavy (non-hydrogen) atoms. The molecule has 2 rings (SSSR count). The first-order valence-corrected chi connectivity index (χ1v) is 7.24. The van der Waals surface area contributed by atoms with Crippen LogP contribution in [0, 0.1) is 0 Å². The largest absolute Gasteiger partial charge is 0.449 e. The van der Waals surface area contributed by atoms with Crippen LogP contribution in [-0.2, 0) is 4.74 Å². The second-order valence-electron chi connectivity index (χ2n) is 4.66. The zero-order chi connectivity index (χ0) is 14.4. The van der Waals surface area contributed by atoms with E-state index in [-0.39, 0.29) is 6.09 Å². The highest BCUT2D eigenvalue weighted by Crippen LogP contribution is 2.14. The number of halogens is 1. The van der Waals surface area contributed by atoms with E-state index in [1.54, 1.807) is 11.0 Å². The number of carbonyl (C=O) groups is 1. The normalized spacial score (nSPS) is 15.3. The zero-order valence-electron chi connectivity index (χ0n) is 11.6. The van der Waals surface area contributed by atoms with E-state index in [0.717, 1.165) is 31.7 Å². The number of nitrogens with zero attached hydrogens (tertiary/aromatic N) is 4. The summed E-state index contributed by atoms with van der Waals surface area (Å²) < 4.78 is 5.20. The SMILES string of the molecule is CCCCOC(=O)N1CCN(c2ccc(Cl)nn2)CC1. The van der Waals surface area contributed by atoms with Crippen molar-refractivity contribution in [1.82, 2.24) is 15.1 Å². The molecule has 0 aromatic carbocycles. The summed E-state index contributed by atoms with van der Waals surface area (Å²) in [6.07, 6.45) is 1.71. The number of hydrogen-bond donors (Lipinski definition) is 0. The molecule has 6 nitrogen and oxygen atoms in total. The summed E-state index contributed by atoms with van der Waals surface area (Å²) in [6.45, 7) is 5.28. The van der Waals surface area contributed by atoms with Crippen LogP contribution >= 0.6 is 11.6 Å². The average molecular weight is 299 g/mol. The van der Waals surface area contributed by atoms with Gasteiger partial charge in [-0.25, -0.2) is 4.79 Å². The van der Waals surface area contributed by atoms with Crippen LogP contribution in [0.1, 0.15) is 19.8 Å². The predicted molar refractivity (Wildman–Crippen MR) is 77.1 cm³/mol. The van der Waals surface area contributed by atoms with Crippen molar-refractivity contribution in [3.63, 3.8) is 0 Å². The highest BCUT2D eigenvalue weighted by atomic mass is 35.5. The van der Waals surface area contributed by atoms with Crippen molar-refractivity contribution in [3.8, 4) is 0 Å². The van der Waals surface area contributed by atoms with E-state index in [2.05, 4.69) is 22.0 Å². The first-order valence-electron chi connectivity index (χ1n) is 6.86. The van der Waals surface area contributed by atoms with Gasteiger partial charge in [0.15, 0.2) is 11.0 Å². The Labute approximate surface area is 123 Å². The number of ether oxygens (including phenoxy) is 1. The molecule has 1 saturated heterocycles. The van der Waals surface area contributed by atoms with Crippen molar-refractivity contribution in [1.29, 1.82) is 0 Å². The third kappa shape index (κ3) is 3.96. The first-order chi connectivity index (χ1) is 9.70. The van der Waals surface area contributed by atoms with Crippen LogP contribution in [0.2, 0.25) is 5.15 Å². The minimum atomic E-state index is -0.222. The van der Waals surface area contributed by atoms with E-state index in [9.17, 15) is 4.79 Å². The molecule has 0 spiro atoms. The Bertz CT molecular complexity index is 433. The van der Waals surface area contributed by atoms with E-state index in [4.69, 9.17) is 16.3 Å². The lowest BCUT2D eigenvalue weighted by Crippen LogP contribution is -2.49. The summed E-state index contributed by atoms with van der Waals surface area (Å²) in [7, 11) is 0. The number of rotatable bonds is 4. The van der Waals surface area contributed by atoms with Gasteiger partial charge in [0.05, 0.1) is 6.61 Å². The van der Waals surface area contributed by atoms with Gasteiger partial charge in [0, 0.05) is 26.2 Å². The van der Waals surface area contributed by atoms with Crippen LogP contribution in [0.5, 0.6) is 0 Å². The van der Waals surface area contributed by atoms with Crippen LogP contribution in [0.25, 0.3) is 0 Å². The smallest absolute Gasteiger partial charge is 0.409 e. The molecule has 1 aliphatic heterocycles. The first kappa shape index (κ1) is 14.8. The number of anilines is 1. The Hall–Kier alpha value is -1.56. The maximum Gasteiger partial charge on any atom is 0.409 e. The molecule has 0 aliphatic carbocycles. The number of carbonyl (C=O) groups excluding carboxylic acids is 1. The van der Waals surface area contributed by atoms with Gasteiger partial charge in [0.25, 0.3) is 0 Å². The molecule has 0 saturated carbocycles. The third-order valence-corrected chi connectivity index (χ3v) is 3.40.